The molecule has 0 aliphatic rings. The first-order chi connectivity index (χ1) is 7.16. The van der Waals surface area contributed by atoms with E-state index in [4.69, 9.17) is 17.3 Å². The molecule has 76 valence electrons. The molecule has 15 heavy (non-hydrogen) atoms. The number of nitrogen functional groups attached to an aromatic ring is 1. The van der Waals surface area contributed by atoms with Crippen LogP contribution in [0.3, 0.4) is 0 Å². The summed E-state index contributed by atoms with van der Waals surface area (Å²) in [5, 5.41) is 0.655. The van der Waals surface area contributed by atoms with Crippen molar-refractivity contribution < 1.29 is 0 Å². The second kappa shape index (κ2) is 4.16. The van der Waals surface area contributed by atoms with E-state index in [9.17, 15) is 0 Å². The average Bonchev–Trinajstić information content (AvgIpc) is 2.22. The van der Waals surface area contributed by atoms with Gasteiger partial charge in [-0.1, -0.05) is 11.6 Å². The number of hydrogen-bond donors (Lipinski definition) is 1. The van der Waals surface area contributed by atoms with E-state index in [1.54, 1.807) is 18.3 Å². The van der Waals surface area contributed by atoms with Crippen LogP contribution < -0.4 is 5.73 Å². The molecule has 1 aromatic carbocycles. The maximum atomic E-state index is 5.89. The molecule has 0 saturated heterocycles. The fraction of sp³-hybridized carbons (Fsp3) is 0. The summed E-state index contributed by atoms with van der Waals surface area (Å²) < 4.78 is 0.813. The summed E-state index contributed by atoms with van der Waals surface area (Å²) in [5.74, 6) is 1.04. The number of aromatic nitrogens is 2. The van der Waals surface area contributed by atoms with Crippen molar-refractivity contribution in [2.24, 2.45) is 0 Å². The van der Waals surface area contributed by atoms with Crippen LogP contribution in [0.1, 0.15) is 0 Å². The summed E-state index contributed by atoms with van der Waals surface area (Å²) >= 11 is 9.23. The Bertz CT molecular complexity index is 502. The van der Waals surface area contributed by atoms with Gasteiger partial charge in [-0.15, -0.1) is 0 Å². The maximum Gasteiger partial charge on any atom is 0.161 e. The molecule has 0 radical (unpaired) electrons. The SMILES string of the molecule is Nc1ccnc(-c2ccc(Cl)c(Br)c2)n1. The van der Waals surface area contributed by atoms with Gasteiger partial charge in [-0.3, -0.25) is 0 Å². The van der Waals surface area contributed by atoms with Crippen molar-refractivity contribution in [2.75, 3.05) is 5.73 Å². The van der Waals surface area contributed by atoms with Gasteiger partial charge in [0.05, 0.1) is 5.02 Å². The summed E-state index contributed by atoms with van der Waals surface area (Å²) in [6, 6.07) is 7.14. The molecule has 0 fully saturated rings. The number of hydrogen-bond acceptors (Lipinski definition) is 3. The van der Waals surface area contributed by atoms with E-state index in [0.717, 1.165) is 10.0 Å². The Kier molecular flexibility index (Phi) is 2.88. The summed E-state index contributed by atoms with van der Waals surface area (Å²) in [5.41, 5.74) is 6.45. The van der Waals surface area contributed by atoms with Crippen LogP contribution in [0.25, 0.3) is 11.4 Å². The van der Waals surface area contributed by atoms with Crippen LogP contribution in [0.2, 0.25) is 5.02 Å². The average molecular weight is 285 g/mol. The topological polar surface area (TPSA) is 51.8 Å². The lowest BCUT2D eigenvalue weighted by atomic mass is 10.2. The zero-order valence-corrected chi connectivity index (χ0v) is 9.96. The van der Waals surface area contributed by atoms with Gasteiger partial charge in [-0.05, 0) is 40.2 Å². The van der Waals surface area contributed by atoms with Crippen LogP contribution in [0, 0.1) is 0 Å². The fourth-order valence-electron chi connectivity index (χ4n) is 1.15. The molecule has 2 rings (SSSR count). The number of nitrogens with zero attached hydrogens (tertiary/aromatic N) is 2. The Morgan fingerprint density at radius 3 is 2.73 bits per heavy atom. The highest BCUT2D eigenvalue weighted by molar-refractivity contribution is 9.10. The smallest absolute Gasteiger partial charge is 0.161 e. The van der Waals surface area contributed by atoms with Crippen LogP contribution in [0.5, 0.6) is 0 Å². The molecule has 0 atom stereocenters. The van der Waals surface area contributed by atoms with Gasteiger partial charge in [0.15, 0.2) is 5.82 Å². The largest absolute Gasteiger partial charge is 0.384 e. The molecule has 0 aliphatic carbocycles. The summed E-state index contributed by atoms with van der Waals surface area (Å²) in [6.07, 6.45) is 1.63. The van der Waals surface area contributed by atoms with E-state index >= 15 is 0 Å². The first-order valence-corrected chi connectivity index (χ1v) is 5.38. The molecule has 2 aromatic rings. The van der Waals surface area contributed by atoms with Gasteiger partial charge < -0.3 is 5.73 Å². The van der Waals surface area contributed by atoms with Gasteiger partial charge in [0.25, 0.3) is 0 Å². The highest BCUT2D eigenvalue weighted by Gasteiger charge is 2.04. The lowest BCUT2D eigenvalue weighted by Gasteiger charge is -2.02. The first-order valence-electron chi connectivity index (χ1n) is 4.21. The Balaban J connectivity index is 2.50. The lowest BCUT2D eigenvalue weighted by Crippen LogP contribution is -1.94. The minimum absolute atomic E-state index is 0.450. The minimum atomic E-state index is 0.450. The lowest BCUT2D eigenvalue weighted by molar-refractivity contribution is 1.18. The Hall–Kier alpha value is -1.13. The standard InChI is InChI=1S/C10H7BrClN3/c11-7-5-6(1-2-8(7)12)10-14-4-3-9(13)15-10/h1-5H,(H2,13,14,15). The molecule has 0 saturated carbocycles. The van der Waals surface area contributed by atoms with Crippen molar-refractivity contribution in [1.29, 1.82) is 0 Å². The van der Waals surface area contributed by atoms with Crippen LogP contribution >= 0.6 is 27.5 Å². The Morgan fingerprint density at radius 1 is 1.27 bits per heavy atom. The molecule has 0 unspecified atom stereocenters. The number of nitrogens with two attached hydrogens (primary N) is 1. The Labute approximate surface area is 100 Å². The third-order valence-corrected chi connectivity index (χ3v) is 3.07. The van der Waals surface area contributed by atoms with Gasteiger partial charge in [0.2, 0.25) is 0 Å². The minimum Gasteiger partial charge on any atom is -0.384 e. The van der Waals surface area contributed by atoms with Crippen molar-refractivity contribution in [2.45, 2.75) is 0 Å². The molecular formula is C10H7BrClN3. The second-order valence-corrected chi connectivity index (χ2v) is 4.20. The van der Waals surface area contributed by atoms with E-state index in [1.165, 1.54) is 0 Å². The number of rotatable bonds is 1. The molecule has 2 N–H and O–H groups in total. The molecule has 1 heterocycles. The van der Waals surface area contributed by atoms with Crippen molar-refractivity contribution >= 4 is 33.3 Å². The first kappa shape index (κ1) is 10.4. The molecule has 1 aromatic heterocycles. The summed E-state index contributed by atoms with van der Waals surface area (Å²) in [6.45, 7) is 0. The zero-order chi connectivity index (χ0) is 10.8. The van der Waals surface area contributed by atoms with Crippen LogP contribution in [-0.2, 0) is 0 Å². The van der Waals surface area contributed by atoms with E-state index in [2.05, 4.69) is 25.9 Å². The predicted octanol–water partition coefficient (Wildman–Crippen LogP) is 3.14. The van der Waals surface area contributed by atoms with E-state index in [1.807, 2.05) is 12.1 Å². The van der Waals surface area contributed by atoms with Crippen LogP contribution in [0.4, 0.5) is 5.82 Å². The molecule has 3 nitrogen and oxygen atoms in total. The Morgan fingerprint density at radius 2 is 2.07 bits per heavy atom. The predicted molar refractivity (Wildman–Crippen MR) is 64.6 cm³/mol. The highest BCUT2D eigenvalue weighted by Crippen LogP contribution is 2.27. The van der Waals surface area contributed by atoms with E-state index < -0.39 is 0 Å². The summed E-state index contributed by atoms with van der Waals surface area (Å²) in [7, 11) is 0. The number of anilines is 1. The normalized spacial score (nSPS) is 10.3. The molecule has 0 aliphatic heterocycles. The summed E-state index contributed by atoms with van der Waals surface area (Å²) in [4.78, 5) is 8.24. The second-order valence-electron chi connectivity index (χ2n) is 2.93. The van der Waals surface area contributed by atoms with Crippen molar-refractivity contribution in [3.63, 3.8) is 0 Å². The third-order valence-electron chi connectivity index (χ3n) is 1.85. The molecule has 0 amide bonds. The zero-order valence-electron chi connectivity index (χ0n) is 7.61. The number of benzene rings is 1. The van der Waals surface area contributed by atoms with Gasteiger partial charge in [-0.25, -0.2) is 9.97 Å². The maximum absolute atomic E-state index is 5.89. The van der Waals surface area contributed by atoms with Crippen molar-refractivity contribution in [3.05, 3.63) is 40.0 Å². The van der Waals surface area contributed by atoms with Crippen molar-refractivity contribution in [1.82, 2.24) is 9.97 Å². The van der Waals surface area contributed by atoms with Crippen LogP contribution in [-0.4, -0.2) is 9.97 Å². The molecule has 0 bridgehead atoms. The van der Waals surface area contributed by atoms with Gasteiger partial charge >= 0.3 is 0 Å². The third kappa shape index (κ3) is 2.27. The van der Waals surface area contributed by atoms with E-state index in [-0.39, 0.29) is 0 Å². The quantitative estimate of drug-likeness (QED) is 0.875. The van der Waals surface area contributed by atoms with Gasteiger partial charge in [-0.2, -0.15) is 0 Å². The van der Waals surface area contributed by atoms with E-state index in [0.29, 0.717) is 16.7 Å². The molecular weight excluding hydrogens is 277 g/mol. The molecule has 0 spiro atoms. The monoisotopic (exact) mass is 283 g/mol. The van der Waals surface area contributed by atoms with Crippen molar-refractivity contribution in [3.8, 4) is 11.4 Å². The highest BCUT2D eigenvalue weighted by atomic mass is 79.9. The molecule has 5 heteroatoms. The van der Waals surface area contributed by atoms with Gasteiger partial charge in [0, 0.05) is 16.2 Å². The van der Waals surface area contributed by atoms with Crippen LogP contribution in [0.15, 0.2) is 34.9 Å². The number of halogens is 2. The van der Waals surface area contributed by atoms with Gasteiger partial charge in [0.1, 0.15) is 5.82 Å². The fourth-order valence-corrected chi connectivity index (χ4v) is 1.64.